The number of hydrogen-bond acceptors (Lipinski definition) is 4. The number of halogens is 1. The minimum atomic E-state index is 0. The topological polar surface area (TPSA) is 55.3 Å². The maximum Gasteiger partial charge on any atom is 0.193 e. The van der Waals surface area contributed by atoms with E-state index in [0.717, 1.165) is 70.6 Å². The van der Waals surface area contributed by atoms with Crippen molar-refractivity contribution < 1.29 is 14.2 Å². The maximum absolute atomic E-state index is 5.76. The molecule has 1 aromatic carbocycles. The largest absolute Gasteiger partial charge is 0.492 e. The third kappa shape index (κ3) is 10.2. The summed E-state index contributed by atoms with van der Waals surface area (Å²) in [6.45, 7) is 8.37. The average molecular weight is 491 g/mol. The first-order valence-corrected chi connectivity index (χ1v) is 9.62. The lowest BCUT2D eigenvalue weighted by Gasteiger charge is -2.22. The molecule has 1 aliphatic heterocycles. The summed E-state index contributed by atoms with van der Waals surface area (Å²) in [4.78, 5) is 6.78. The Balaban J connectivity index is 0.00000364. The van der Waals surface area contributed by atoms with Gasteiger partial charge in [-0.05, 0) is 31.9 Å². The van der Waals surface area contributed by atoms with Crippen molar-refractivity contribution in [1.82, 2.24) is 10.2 Å². The minimum Gasteiger partial charge on any atom is -0.492 e. The van der Waals surface area contributed by atoms with E-state index in [4.69, 9.17) is 14.2 Å². The summed E-state index contributed by atoms with van der Waals surface area (Å²) in [5.41, 5.74) is 0. The molecular weight excluding hydrogens is 457 g/mol. The third-order valence-corrected chi connectivity index (χ3v) is 4.22. The van der Waals surface area contributed by atoms with Crippen LogP contribution in [0.25, 0.3) is 0 Å². The first-order valence-electron chi connectivity index (χ1n) is 9.62. The van der Waals surface area contributed by atoms with Crippen LogP contribution in [0.5, 0.6) is 5.75 Å². The molecule has 0 aromatic heterocycles. The molecule has 1 fully saturated rings. The highest BCUT2D eigenvalue weighted by Crippen LogP contribution is 2.12. The van der Waals surface area contributed by atoms with Gasteiger partial charge in [-0.15, -0.1) is 24.0 Å². The Bertz CT molecular complexity index is 510. The van der Waals surface area contributed by atoms with E-state index in [1.54, 1.807) is 0 Å². The summed E-state index contributed by atoms with van der Waals surface area (Å²) < 4.78 is 16.8. The van der Waals surface area contributed by atoms with Crippen LogP contribution >= 0.6 is 24.0 Å². The number of aliphatic imine (C=N–C) groups is 1. The fourth-order valence-corrected chi connectivity index (χ4v) is 2.71. The van der Waals surface area contributed by atoms with Crippen molar-refractivity contribution in [3.63, 3.8) is 0 Å². The summed E-state index contributed by atoms with van der Waals surface area (Å²) in [6, 6.07) is 9.88. The average Bonchev–Trinajstić information content (AvgIpc) is 3.18. The highest BCUT2D eigenvalue weighted by atomic mass is 127. The number of hydrogen-bond donors (Lipinski definition) is 1. The van der Waals surface area contributed by atoms with Crippen molar-refractivity contribution in [3.05, 3.63) is 30.3 Å². The SMILES string of the molecule is CCNC(=NCCCOCC1CCOC1)N(C)CCOc1ccccc1.I. The van der Waals surface area contributed by atoms with Gasteiger partial charge in [0.25, 0.3) is 0 Å². The van der Waals surface area contributed by atoms with Crippen LogP contribution in [0.2, 0.25) is 0 Å². The second kappa shape index (κ2) is 14.9. The van der Waals surface area contributed by atoms with Crippen LogP contribution < -0.4 is 10.1 Å². The van der Waals surface area contributed by atoms with Crippen molar-refractivity contribution in [1.29, 1.82) is 0 Å². The van der Waals surface area contributed by atoms with Crippen LogP contribution in [0.4, 0.5) is 0 Å². The minimum absolute atomic E-state index is 0. The Hall–Kier alpha value is -1.06. The zero-order chi connectivity index (χ0) is 18.5. The van der Waals surface area contributed by atoms with Crippen LogP contribution in [0, 0.1) is 5.92 Å². The van der Waals surface area contributed by atoms with E-state index in [1.807, 2.05) is 37.4 Å². The van der Waals surface area contributed by atoms with Gasteiger partial charge in [0.1, 0.15) is 12.4 Å². The molecule has 7 heteroatoms. The van der Waals surface area contributed by atoms with E-state index in [2.05, 4.69) is 22.1 Å². The number of likely N-dealkylation sites (N-methyl/N-ethyl adjacent to an activating group) is 1. The maximum atomic E-state index is 5.76. The number of benzene rings is 1. The fourth-order valence-electron chi connectivity index (χ4n) is 2.71. The first kappa shape index (κ1) is 24.0. The molecular formula is C20H34IN3O3. The number of nitrogens with one attached hydrogen (secondary N) is 1. The summed E-state index contributed by atoms with van der Waals surface area (Å²) in [5.74, 6) is 2.38. The van der Waals surface area contributed by atoms with E-state index in [9.17, 15) is 0 Å². The van der Waals surface area contributed by atoms with Gasteiger partial charge in [0.05, 0.1) is 19.8 Å². The molecule has 1 atom stereocenters. The highest BCUT2D eigenvalue weighted by molar-refractivity contribution is 14.0. The molecule has 1 unspecified atom stereocenters. The van der Waals surface area contributed by atoms with Crippen LogP contribution in [-0.2, 0) is 9.47 Å². The molecule has 1 N–H and O–H groups in total. The number of nitrogens with zero attached hydrogens (tertiary/aromatic N) is 2. The van der Waals surface area contributed by atoms with E-state index >= 15 is 0 Å². The zero-order valence-corrected chi connectivity index (χ0v) is 18.9. The van der Waals surface area contributed by atoms with E-state index < -0.39 is 0 Å². The van der Waals surface area contributed by atoms with Gasteiger partial charge in [-0.1, -0.05) is 18.2 Å². The monoisotopic (exact) mass is 491 g/mol. The Morgan fingerprint density at radius 3 is 2.81 bits per heavy atom. The predicted octanol–water partition coefficient (Wildman–Crippen LogP) is 3.02. The number of rotatable bonds is 11. The number of guanidine groups is 1. The molecule has 0 spiro atoms. The molecule has 27 heavy (non-hydrogen) atoms. The molecule has 6 nitrogen and oxygen atoms in total. The molecule has 0 radical (unpaired) electrons. The molecule has 1 heterocycles. The normalized spacial score (nSPS) is 16.7. The number of ether oxygens (including phenoxy) is 3. The van der Waals surface area contributed by atoms with Gasteiger partial charge < -0.3 is 24.4 Å². The lowest BCUT2D eigenvalue weighted by Crippen LogP contribution is -2.41. The summed E-state index contributed by atoms with van der Waals surface area (Å²) in [6.07, 6.45) is 2.05. The second-order valence-corrected chi connectivity index (χ2v) is 6.48. The molecule has 0 saturated carbocycles. The van der Waals surface area contributed by atoms with Crippen molar-refractivity contribution >= 4 is 29.9 Å². The molecule has 0 amide bonds. The van der Waals surface area contributed by atoms with Crippen molar-refractivity contribution in [2.24, 2.45) is 10.9 Å². The molecule has 1 aliphatic rings. The summed E-state index contributed by atoms with van der Waals surface area (Å²) in [5, 5.41) is 3.33. The third-order valence-electron chi connectivity index (χ3n) is 4.22. The quantitative estimate of drug-likeness (QED) is 0.223. The Morgan fingerprint density at radius 2 is 2.11 bits per heavy atom. The molecule has 1 saturated heterocycles. The van der Waals surface area contributed by atoms with Gasteiger partial charge >= 0.3 is 0 Å². The second-order valence-electron chi connectivity index (χ2n) is 6.48. The Labute approximate surface area is 180 Å². The zero-order valence-electron chi connectivity index (χ0n) is 16.6. The lowest BCUT2D eigenvalue weighted by molar-refractivity contribution is 0.0893. The van der Waals surface area contributed by atoms with E-state index in [0.29, 0.717) is 12.5 Å². The van der Waals surface area contributed by atoms with Crippen LogP contribution in [0.3, 0.4) is 0 Å². The fraction of sp³-hybridized carbons (Fsp3) is 0.650. The molecule has 0 aliphatic carbocycles. The summed E-state index contributed by atoms with van der Waals surface area (Å²) in [7, 11) is 2.03. The van der Waals surface area contributed by atoms with Crippen molar-refractivity contribution in [2.45, 2.75) is 19.8 Å². The van der Waals surface area contributed by atoms with Crippen LogP contribution in [0.1, 0.15) is 19.8 Å². The van der Waals surface area contributed by atoms with E-state index in [1.165, 1.54) is 0 Å². The highest BCUT2D eigenvalue weighted by Gasteiger charge is 2.15. The smallest absolute Gasteiger partial charge is 0.193 e. The van der Waals surface area contributed by atoms with Gasteiger partial charge in [0, 0.05) is 39.3 Å². The van der Waals surface area contributed by atoms with Crippen molar-refractivity contribution in [2.75, 3.05) is 59.7 Å². The Kier molecular flexibility index (Phi) is 13.3. The molecule has 1 aromatic rings. The molecule has 154 valence electrons. The van der Waals surface area contributed by atoms with Gasteiger partial charge in [-0.25, -0.2) is 0 Å². The van der Waals surface area contributed by atoms with Gasteiger partial charge in [0.15, 0.2) is 5.96 Å². The first-order chi connectivity index (χ1) is 12.8. The van der Waals surface area contributed by atoms with Gasteiger partial charge in [-0.3, -0.25) is 4.99 Å². The Morgan fingerprint density at radius 1 is 1.30 bits per heavy atom. The predicted molar refractivity (Wildman–Crippen MR) is 120 cm³/mol. The van der Waals surface area contributed by atoms with Gasteiger partial charge in [0.2, 0.25) is 0 Å². The number of para-hydroxylation sites is 1. The van der Waals surface area contributed by atoms with Crippen LogP contribution in [0.15, 0.2) is 35.3 Å². The van der Waals surface area contributed by atoms with Gasteiger partial charge in [-0.2, -0.15) is 0 Å². The molecule has 0 bridgehead atoms. The summed E-state index contributed by atoms with van der Waals surface area (Å²) >= 11 is 0. The molecule has 2 rings (SSSR count). The van der Waals surface area contributed by atoms with E-state index in [-0.39, 0.29) is 24.0 Å². The van der Waals surface area contributed by atoms with Crippen molar-refractivity contribution in [3.8, 4) is 5.75 Å². The lowest BCUT2D eigenvalue weighted by atomic mass is 10.1. The standard InChI is InChI=1S/C20H33N3O3.HI/c1-3-21-20(22-11-7-13-24-16-18-10-14-25-17-18)23(2)12-15-26-19-8-5-4-6-9-19;/h4-6,8-9,18H,3,7,10-17H2,1-2H3,(H,21,22);1H. The van der Waals surface area contributed by atoms with Crippen LogP contribution in [-0.4, -0.2) is 70.6 Å².